The Kier molecular flexibility index (Phi) is 4.68. The van der Waals surface area contributed by atoms with Crippen molar-refractivity contribution in [2.45, 2.75) is 19.5 Å². The summed E-state index contributed by atoms with van der Waals surface area (Å²) in [5, 5.41) is 16.6. The van der Waals surface area contributed by atoms with Gasteiger partial charge in [0.25, 0.3) is 0 Å². The van der Waals surface area contributed by atoms with Gasteiger partial charge in [0.1, 0.15) is 0 Å². The summed E-state index contributed by atoms with van der Waals surface area (Å²) in [7, 11) is 0. The standard InChI is InChI=1S/C6H11F2NO3/c1-4(12)9(5(7)2-10)6(8)3-11/h5-6,10-11H,2-3H2,1H3. The molecule has 2 atom stereocenters. The van der Waals surface area contributed by atoms with E-state index in [1.807, 2.05) is 0 Å². The minimum absolute atomic E-state index is 0.139. The number of hydrogen-bond acceptors (Lipinski definition) is 3. The van der Waals surface area contributed by atoms with Crippen molar-refractivity contribution in [3.05, 3.63) is 0 Å². The highest BCUT2D eigenvalue weighted by molar-refractivity contribution is 5.73. The number of amides is 1. The molecule has 0 aliphatic heterocycles. The maximum atomic E-state index is 12.6. The quantitative estimate of drug-likeness (QED) is 0.573. The van der Waals surface area contributed by atoms with E-state index in [-0.39, 0.29) is 4.90 Å². The van der Waals surface area contributed by atoms with Gasteiger partial charge in [0.2, 0.25) is 5.91 Å². The SMILES string of the molecule is CC(=O)N(C(F)CO)C(F)CO. The summed E-state index contributed by atoms with van der Waals surface area (Å²) in [6, 6.07) is 0. The van der Waals surface area contributed by atoms with Crippen molar-refractivity contribution in [1.82, 2.24) is 4.90 Å². The molecule has 0 aliphatic carbocycles. The molecule has 0 bridgehead atoms. The first kappa shape index (κ1) is 11.2. The van der Waals surface area contributed by atoms with Crippen LogP contribution in [0.1, 0.15) is 6.92 Å². The predicted molar refractivity (Wildman–Crippen MR) is 36.5 cm³/mol. The van der Waals surface area contributed by atoms with Crippen LogP contribution in [0, 0.1) is 0 Å². The van der Waals surface area contributed by atoms with Crippen LogP contribution in [0.4, 0.5) is 8.78 Å². The van der Waals surface area contributed by atoms with Gasteiger partial charge in [0.05, 0.1) is 13.2 Å². The Bertz CT molecular complexity index is 146. The van der Waals surface area contributed by atoms with Crippen LogP contribution in [0.15, 0.2) is 0 Å². The number of rotatable bonds is 4. The normalized spacial score (nSPS) is 15.4. The summed E-state index contributed by atoms with van der Waals surface area (Å²) in [6.45, 7) is -1.02. The molecule has 0 fully saturated rings. The highest BCUT2D eigenvalue weighted by atomic mass is 19.2. The van der Waals surface area contributed by atoms with Gasteiger partial charge < -0.3 is 10.2 Å². The molecule has 0 radical (unpaired) electrons. The molecule has 0 saturated carbocycles. The minimum Gasteiger partial charge on any atom is -0.391 e. The Hall–Kier alpha value is -0.750. The van der Waals surface area contributed by atoms with E-state index in [4.69, 9.17) is 10.2 Å². The average Bonchev–Trinajstić information content (AvgIpc) is 2.03. The second-order valence-corrected chi connectivity index (χ2v) is 2.16. The number of halogens is 2. The Labute approximate surface area is 68.4 Å². The molecule has 0 rings (SSSR count). The molecule has 6 heteroatoms. The van der Waals surface area contributed by atoms with Crippen molar-refractivity contribution in [3.8, 4) is 0 Å². The van der Waals surface area contributed by atoms with Gasteiger partial charge in [-0.2, -0.15) is 0 Å². The van der Waals surface area contributed by atoms with Crippen molar-refractivity contribution >= 4 is 5.91 Å². The van der Waals surface area contributed by atoms with E-state index in [9.17, 15) is 13.6 Å². The zero-order valence-electron chi connectivity index (χ0n) is 6.57. The van der Waals surface area contributed by atoms with E-state index in [1.54, 1.807) is 0 Å². The first-order valence-corrected chi connectivity index (χ1v) is 3.33. The number of alkyl halides is 2. The Morgan fingerprint density at radius 1 is 1.33 bits per heavy atom. The van der Waals surface area contributed by atoms with Crippen molar-refractivity contribution in [1.29, 1.82) is 0 Å². The van der Waals surface area contributed by atoms with Gasteiger partial charge in [0.15, 0.2) is 12.6 Å². The fourth-order valence-electron chi connectivity index (χ4n) is 0.746. The van der Waals surface area contributed by atoms with Gasteiger partial charge in [-0.3, -0.25) is 9.69 Å². The van der Waals surface area contributed by atoms with E-state index in [0.29, 0.717) is 0 Å². The summed E-state index contributed by atoms with van der Waals surface area (Å²) in [5.41, 5.74) is 0. The van der Waals surface area contributed by atoms with Crippen LogP contribution in [0.5, 0.6) is 0 Å². The van der Waals surface area contributed by atoms with Crippen LogP contribution in [-0.4, -0.2) is 46.8 Å². The first-order chi connectivity index (χ1) is 5.54. The van der Waals surface area contributed by atoms with Gasteiger partial charge in [-0.25, -0.2) is 8.78 Å². The van der Waals surface area contributed by atoms with Crippen molar-refractivity contribution in [2.75, 3.05) is 13.2 Å². The van der Waals surface area contributed by atoms with Crippen LogP contribution in [0.25, 0.3) is 0 Å². The lowest BCUT2D eigenvalue weighted by molar-refractivity contribution is -0.149. The highest BCUT2D eigenvalue weighted by Crippen LogP contribution is 2.08. The molecule has 12 heavy (non-hydrogen) atoms. The molecule has 0 saturated heterocycles. The molecule has 0 spiro atoms. The molecular formula is C6H11F2NO3. The minimum atomic E-state index is -2.11. The second-order valence-electron chi connectivity index (χ2n) is 2.16. The topological polar surface area (TPSA) is 60.8 Å². The third-order valence-electron chi connectivity index (χ3n) is 1.27. The summed E-state index contributed by atoms with van der Waals surface area (Å²) >= 11 is 0. The van der Waals surface area contributed by atoms with E-state index < -0.39 is 31.7 Å². The van der Waals surface area contributed by atoms with E-state index >= 15 is 0 Å². The lowest BCUT2D eigenvalue weighted by atomic mass is 10.4. The number of carbonyl (C=O) groups excluding carboxylic acids is 1. The molecule has 0 aromatic carbocycles. The Morgan fingerprint density at radius 3 is 1.83 bits per heavy atom. The molecule has 0 aliphatic rings. The fourth-order valence-corrected chi connectivity index (χ4v) is 0.746. The van der Waals surface area contributed by atoms with Gasteiger partial charge >= 0.3 is 0 Å². The smallest absolute Gasteiger partial charge is 0.224 e. The lowest BCUT2D eigenvalue weighted by Crippen LogP contribution is -2.45. The van der Waals surface area contributed by atoms with Crippen LogP contribution < -0.4 is 0 Å². The van der Waals surface area contributed by atoms with E-state index in [2.05, 4.69) is 0 Å². The van der Waals surface area contributed by atoms with Crippen molar-refractivity contribution < 1.29 is 23.8 Å². The van der Waals surface area contributed by atoms with Crippen LogP contribution in [-0.2, 0) is 4.79 Å². The fraction of sp³-hybridized carbons (Fsp3) is 0.833. The Morgan fingerprint density at radius 2 is 1.67 bits per heavy atom. The van der Waals surface area contributed by atoms with Crippen molar-refractivity contribution in [3.63, 3.8) is 0 Å². The predicted octanol–water partition coefficient (Wildman–Crippen LogP) is -0.589. The van der Waals surface area contributed by atoms with Gasteiger partial charge in [-0.15, -0.1) is 0 Å². The lowest BCUT2D eigenvalue weighted by Gasteiger charge is -2.25. The van der Waals surface area contributed by atoms with Gasteiger partial charge in [-0.05, 0) is 0 Å². The van der Waals surface area contributed by atoms with Crippen LogP contribution in [0.2, 0.25) is 0 Å². The third kappa shape index (κ3) is 2.71. The average molecular weight is 183 g/mol. The summed E-state index contributed by atoms with van der Waals surface area (Å²) in [5.74, 6) is -0.877. The monoisotopic (exact) mass is 183 g/mol. The van der Waals surface area contributed by atoms with Gasteiger partial charge in [0, 0.05) is 6.92 Å². The second kappa shape index (κ2) is 5.00. The molecule has 2 unspecified atom stereocenters. The first-order valence-electron chi connectivity index (χ1n) is 3.33. The molecule has 0 heterocycles. The number of hydrogen-bond donors (Lipinski definition) is 2. The summed E-state index contributed by atoms with van der Waals surface area (Å²) in [6.07, 6.45) is -4.21. The molecule has 4 nitrogen and oxygen atoms in total. The molecule has 72 valence electrons. The maximum Gasteiger partial charge on any atom is 0.224 e. The van der Waals surface area contributed by atoms with Crippen LogP contribution >= 0.6 is 0 Å². The zero-order valence-corrected chi connectivity index (χ0v) is 6.57. The largest absolute Gasteiger partial charge is 0.391 e. The third-order valence-corrected chi connectivity index (χ3v) is 1.27. The Balaban J connectivity index is 4.32. The highest BCUT2D eigenvalue weighted by Gasteiger charge is 2.27. The molecule has 2 N–H and O–H groups in total. The number of nitrogens with zero attached hydrogens (tertiary/aromatic N) is 1. The number of aliphatic hydroxyl groups is 2. The van der Waals surface area contributed by atoms with Gasteiger partial charge in [-0.1, -0.05) is 0 Å². The molecular weight excluding hydrogens is 172 g/mol. The van der Waals surface area contributed by atoms with E-state index in [0.717, 1.165) is 6.92 Å². The van der Waals surface area contributed by atoms with Crippen LogP contribution in [0.3, 0.4) is 0 Å². The zero-order chi connectivity index (χ0) is 9.72. The maximum absolute atomic E-state index is 12.6. The number of aliphatic hydroxyl groups excluding tert-OH is 2. The molecule has 0 aromatic heterocycles. The van der Waals surface area contributed by atoms with Crippen molar-refractivity contribution in [2.24, 2.45) is 0 Å². The summed E-state index contributed by atoms with van der Waals surface area (Å²) in [4.78, 5) is 10.7. The summed E-state index contributed by atoms with van der Waals surface area (Å²) < 4.78 is 25.2. The molecule has 1 amide bonds. The molecule has 0 aromatic rings. The van der Waals surface area contributed by atoms with E-state index in [1.165, 1.54) is 0 Å². The number of carbonyl (C=O) groups is 1.